The van der Waals surface area contributed by atoms with Crippen molar-refractivity contribution in [3.05, 3.63) is 0 Å². The first-order valence-electron chi connectivity index (χ1n) is 4.95. The molecule has 5 heteroatoms. The summed E-state index contributed by atoms with van der Waals surface area (Å²) >= 11 is 0. The molecule has 0 heterocycles. The van der Waals surface area contributed by atoms with Crippen molar-refractivity contribution in [2.24, 2.45) is 5.41 Å². The number of aliphatic hydroxyl groups is 1. The molecule has 0 aromatic heterocycles. The third-order valence-electron chi connectivity index (χ3n) is 2.02. The standard InChI is InChI=1S/C10H19F3O2/c1-9(2,3)8(14)7-15-6-4-5-10(11,12)13/h8,14H,4-7H2,1-3H3. The maximum Gasteiger partial charge on any atom is 0.389 e. The molecule has 92 valence electrons. The third-order valence-corrected chi connectivity index (χ3v) is 2.02. The van der Waals surface area contributed by atoms with E-state index in [2.05, 4.69) is 0 Å². The summed E-state index contributed by atoms with van der Waals surface area (Å²) in [6.07, 6.45) is -5.66. The summed E-state index contributed by atoms with van der Waals surface area (Å²) in [6, 6.07) is 0. The van der Waals surface area contributed by atoms with Gasteiger partial charge in [-0.15, -0.1) is 0 Å². The lowest BCUT2D eigenvalue weighted by molar-refractivity contribution is -0.138. The average molecular weight is 228 g/mol. The molecule has 0 bridgehead atoms. The summed E-state index contributed by atoms with van der Waals surface area (Å²) in [6.45, 7) is 5.65. The maximum absolute atomic E-state index is 11.7. The van der Waals surface area contributed by atoms with E-state index in [1.54, 1.807) is 0 Å². The van der Waals surface area contributed by atoms with Crippen molar-refractivity contribution < 1.29 is 23.0 Å². The van der Waals surface area contributed by atoms with Crippen LogP contribution in [-0.4, -0.2) is 30.6 Å². The largest absolute Gasteiger partial charge is 0.390 e. The fraction of sp³-hybridized carbons (Fsp3) is 1.00. The molecule has 2 nitrogen and oxygen atoms in total. The van der Waals surface area contributed by atoms with Gasteiger partial charge in [0.2, 0.25) is 0 Å². The summed E-state index contributed by atoms with van der Waals surface area (Å²) < 4.78 is 40.1. The van der Waals surface area contributed by atoms with Gasteiger partial charge in [-0.05, 0) is 11.8 Å². The fourth-order valence-electron chi connectivity index (χ4n) is 0.820. The Morgan fingerprint density at radius 2 is 1.73 bits per heavy atom. The van der Waals surface area contributed by atoms with Crippen molar-refractivity contribution in [2.75, 3.05) is 13.2 Å². The van der Waals surface area contributed by atoms with E-state index in [1.807, 2.05) is 20.8 Å². The van der Waals surface area contributed by atoms with Gasteiger partial charge in [0.05, 0.1) is 12.7 Å². The molecule has 0 radical (unpaired) electrons. The van der Waals surface area contributed by atoms with Crippen LogP contribution < -0.4 is 0 Å². The number of hydrogen-bond acceptors (Lipinski definition) is 2. The third kappa shape index (κ3) is 8.69. The summed E-state index contributed by atoms with van der Waals surface area (Å²) in [4.78, 5) is 0. The quantitative estimate of drug-likeness (QED) is 0.733. The summed E-state index contributed by atoms with van der Waals surface area (Å²) in [5.74, 6) is 0. The van der Waals surface area contributed by atoms with Crippen LogP contribution in [0.1, 0.15) is 33.6 Å². The molecule has 0 aromatic rings. The first-order valence-corrected chi connectivity index (χ1v) is 4.95. The Hall–Kier alpha value is -0.290. The molecular weight excluding hydrogens is 209 g/mol. The number of rotatable bonds is 5. The minimum absolute atomic E-state index is 0.0344. The van der Waals surface area contributed by atoms with Gasteiger partial charge in [-0.3, -0.25) is 0 Å². The molecule has 0 aliphatic rings. The van der Waals surface area contributed by atoms with Gasteiger partial charge in [-0.1, -0.05) is 20.8 Å². The van der Waals surface area contributed by atoms with E-state index in [1.165, 1.54) is 0 Å². The minimum Gasteiger partial charge on any atom is -0.390 e. The van der Waals surface area contributed by atoms with Crippen molar-refractivity contribution in [3.63, 3.8) is 0 Å². The molecule has 0 amide bonds. The lowest BCUT2D eigenvalue weighted by Crippen LogP contribution is -2.30. The zero-order valence-corrected chi connectivity index (χ0v) is 9.40. The van der Waals surface area contributed by atoms with Crippen LogP contribution in [-0.2, 0) is 4.74 Å². The molecule has 1 unspecified atom stereocenters. The summed E-state index contributed by atoms with van der Waals surface area (Å²) in [5, 5.41) is 9.50. The number of hydrogen-bond donors (Lipinski definition) is 1. The number of halogens is 3. The highest BCUT2D eigenvalue weighted by Crippen LogP contribution is 2.22. The van der Waals surface area contributed by atoms with Gasteiger partial charge in [0.25, 0.3) is 0 Å². The van der Waals surface area contributed by atoms with Crippen LogP contribution in [0, 0.1) is 5.41 Å². The van der Waals surface area contributed by atoms with Crippen LogP contribution in [0.3, 0.4) is 0 Å². The molecule has 0 saturated carbocycles. The van der Waals surface area contributed by atoms with Gasteiger partial charge in [0, 0.05) is 13.0 Å². The Morgan fingerprint density at radius 3 is 2.13 bits per heavy atom. The van der Waals surface area contributed by atoms with Crippen LogP contribution in [0.15, 0.2) is 0 Å². The molecule has 15 heavy (non-hydrogen) atoms. The number of alkyl halides is 3. The molecule has 0 aliphatic heterocycles. The molecule has 0 aromatic carbocycles. The van der Waals surface area contributed by atoms with Gasteiger partial charge in [0.1, 0.15) is 0 Å². The highest BCUT2D eigenvalue weighted by Gasteiger charge is 2.26. The van der Waals surface area contributed by atoms with Crippen molar-refractivity contribution in [3.8, 4) is 0 Å². The number of ether oxygens (including phenoxy) is 1. The maximum atomic E-state index is 11.7. The van der Waals surface area contributed by atoms with Gasteiger partial charge < -0.3 is 9.84 Å². The van der Waals surface area contributed by atoms with Crippen molar-refractivity contribution in [1.29, 1.82) is 0 Å². The lowest BCUT2D eigenvalue weighted by Gasteiger charge is -2.25. The van der Waals surface area contributed by atoms with E-state index >= 15 is 0 Å². The monoisotopic (exact) mass is 228 g/mol. The molecule has 0 aliphatic carbocycles. The highest BCUT2D eigenvalue weighted by atomic mass is 19.4. The molecule has 0 spiro atoms. The van der Waals surface area contributed by atoms with E-state index in [0.717, 1.165) is 0 Å². The van der Waals surface area contributed by atoms with Crippen molar-refractivity contribution in [2.45, 2.75) is 45.9 Å². The van der Waals surface area contributed by atoms with E-state index in [0.29, 0.717) is 0 Å². The smallest absolute Gasteiger partial charge is 0.389 e. The van der Waals surface area contributed by atoms with Gasteiger partial charge in [-0.2, -0.15) is 13.2 Å². The van der Waals surface area contributed by atoms with E-state index in [4.69, 9.17) is 4.74 Å². The molecular formula is C10H19F3O2. The van der Waals surface area contributed by atoms with Crippen LogP contribution in [0.2, 0.25) is 0 Å². The first kappa shape index (κ1) is 14.7. The lowest BCUT2D eigenvalue weighted by atomic mass is 9.90. The second kappa shape index (κ2) is 5.70. The van der Waals surface area contributed by atoms with Crippen molar-refractivity contribution in [1.82, 2.24) is 0 Å². The van der Waals surface area contributed by atoms with Crippen LogP contribution >= 0.6 is 0 Å². The molecule has 0 rings (SSSR count). The Kier molecular flexibility index (Phi) is 5.59. The van der Waals surface area contributed by atoms with Gasteiger partial charge in [-0.25, -0.2) is 0 Å². The highest BCUT2D eigenvalue weighted by molar-refractivity contribution is 4.71. The van der Waals surface area contributed by atoms with Crippen LogP contribution in [0.25, 0.3) is 0 Å². The van der Waals surface area contributed by atoms with Gasteiger partial charge in [0.15, 0.2) is 0 Å². The van der Waals surface area contributed by atoms with E-state index in [9.17, 15) is 18.3 Å². The van der Waals surface area contributed by atoms with E-state index < -0.39 is 18.7 Å². The van der Waals surface area contributed by atoms with E-state index in [-0.39, 0.29) is 25.0 Å². The molecule has 0 saturated heterocycles. The second-order valence-electron chi connectivity index (χ2n) is 4.68. The number of aliphatic hydroxyl groups excluding tert-OH is 1. The van der Waals surface area contributed by atoms with Crippen LogP contribution in [0.5, 0.6) is 0 Å². The summed E-state index contributed by atoms with van der Waals surface area (Å²) in [7, 11) is 0. The normalized spacial score (nSPS) is 15.4. The zero-order chi connectivity index (χ0) is 12.1. The van der Waals surface area contributed by atoms with Crippen LogP contribution in [0.4, 0.5) is 13.2 Å². The van der Waals surface area contributed by atoms with Gasteiger partial charge >= 0.3 is 6.18 Å². The van der Waals surface area contributed by atoms with Crippen molar-refractivity contribution >= 4 is 0 Å². The Balaban J connectivity index is 3.48. The topological polar surface area (TPSA) is 29.5 Å². The first-order chi connectivity index (χ1) is 6.63. The molecule has 1 atom stereocenters. The minimum atomic E-state index is -4.12. The second-order valence-corrected chi connectivity index (χ2v) is 4.68. The molecule has 1 N–H and O–H groups in total. The fourth-order valence-corrected chi connectivity index (χ4v) is 0.820. The summed E-state index contributed by atoms with van der Waals surface area (Å²) in [5.41, 5.74) is -0.302. The molecule has 0 fully saturated rings. The predicted molar refractivity (Wildman–Crippen MR) is 51.6 cm³/mol. The zero-order valence-electron chi connectivity index (χ0n) is 9.40. The Bertz CT molecular complexity index is 172. The SMILES string of the molecule is CC(C)(C)C(O)COCCCC(F)(F)F. The predicted octanol–water partition coefficient (Wildman–Crippen LogP) is 2.75. The Labute approximate surface area is 88.4 Å². The Morgan fingerprint density at radius 1 is 1.20 bits per heavy atom. The average Bonchev–Trinajstić information content (AvgIpc) is 1.99.